The van der Waals surface area contributed by atoms with Crippen LogP contribution in [-0.2, 0) is 38.1 Å². The number of aliphatic hydroxyl groups excluding tert-OH is 1. The van der Waals surface area contributed by atoms with E-state index >= 15 is 0 Å². The van der Waals surface area contributed by atoms with E-state index in [1.807, 2.05) is 0 Å². The number of halogens is 3. The fourth-order valence-electron chi connectivity index (χ4n) is 2.40. The van der Waals surface area contributed by atoms with Gasteiger partial charge in [0.2, 0.25) is 3.79 Å². The molecule has 0 saturated carbocycles. The highest BCUT2D eigenvalue weighted by atomic mass is 35.6. The van der Waals surface area contributed by atoms with E-state index in [1.54, 1.807) is 0 Å². The summed E-state index contributed by atoms with van der Waals surface area (Å²) in [6, 6.07) is -1.43. The summed E-state index contributed by atoms with van der Waals surface area (Å²) in [5, 5.41) is 12.5. The van der Waals surface area contributed by atoms with Crippen LogP contribution in [0.2, 0.25) is 0 Å². The molecule has 2 N–H and O–H groups in total. The highest BCUT2D eigenvalue weighted by molar-refractivity contribution is 6.67. The zero-order chi connectivity index (χ0) is 22.4. The summed E-state index contributed by atoms with van der Waals surface area (Å²) in [6.45, 7) is 2.23. The van der Waals surface area contributed by atoms with Gasteiger partial charge in [-0.25, -0.2) is 4.79 Å². The Morgan fingerprint density at radius 1 is 0.966 bits per heavy atom. The first-order valence-corrected chi connectivity index (χ1v) is 9.25. The van der Waals surface area contributed by atoms with E-state index in [4.69, 9.17) is 58.5 Å². The van der Waals surface area contributed by atoms with Crippen LogP contribution >= 0.6 is 34.8 Å². The molecule has 1 amide bonds. The van der Waals surface area contributed by atoms with Gasteiger partial charge in [-0.15, -0.1) is 0 Å². The Bertz CT molecular complexity index is 626. The van der Waals surface area contributed by atoms with Crippen molar-refractivity contribution in [1.82, 2.24) is 5.32 Å². The van der Waals surface area contributed by atoms with Crippen molar-refractivity contribution in [2.24, 2.45) is 0 Å². The van der Waals surface area contributed by atoms with Gasteiger partial charge in [0.15, 0.2) is 18.5 Å². The third kappa shape index (κ3) is 9.22. The molecule has 1 aliphatic rings. The minimum absolute atomic E-state index is 0.424. The van der Waals surface area contributed by atoms with Crippen molar-refractivity contribution in [3.8, 4) is 0 Å². The molecular weight excluding hydrogens is 461 g/mol. The molecule has 0 aromatic rings. The quantitative estimate of drug-likeness (QED) is 0.314. The number of hydrogen-bond acceptors (Lipinski definition) is 10. The molecule has 29 heavy (non-hydrogen) atoms. The molecule has 1 saturated heterocycles. The van der Waals surface area contributed by atoms with E-state index in [2.05, 4.69) is 5.32 Å². The Morgan fingerprint density at radius 2 is 1.52 bits per heavy atom. The largest absolute Gasteiger partial charge is 0.463 e. The third-order valence-electron chi connectivity index (χ3n) is 3.37. The lowest BCUT2D eigenvalue weighted by Gasteiger charge is -2.43. The Balaban J connectivity index is 3.06. The molecule has 14 heteroatoms. The van der Waals surface area contributed by atoms with Crippen LogP contribution in [0.5, 0.6) is 0 Å². The molecule has 0 aromatic carbocycles. The summed E-state index contributed by atoms with van der Waals surface area (Å²) in [4.78, 5) is 46.1. The van der Waals surface area contributed by atoms with Crippen LogP contribution in [-0.4, -0.2) is 76.8 Å². The number of ether oxygens (including phenoxy) is 5. The number of hydrogen-bond donors (Lipinski definition) is 2. The van der Waals surface area contributed by atoms with Crippen LogP contribution in [0.4, 0.5) is 4.79 Å². The van der Waals surface area contributed by atoms with E-state index < -0.39 is 71.7 Å². The monoisotopic (exact) mass is 479 g/mol. The van der Waals surface area contributed by atoms with Crippen LogP contribution in [0.25, 0.3) is 0 Å². The Kier molecular flexibility index (Phi) is 9.69. The fraction of sp³-hybridized carbons (Fsp3) is 0.733. The molecule has 1 fully saturated rings. The van der Waals surface area contributed by atoms with Gasteiger partial charge in [-0.3, -0.25) is 14.4 Å². The molecule has 166 valence electrons. The Morgan fingerprint density at radius 3 is 2.00 bits per heavy atom. The number of alkyl carbamates (subject to hydrolysis) is 1. The number of carbonyl (C=O) groups is 4. The zero-order valence-corrected chi connectivity index (χ0v) is 17.8. The van der Waals surface area contributed by atoms with Crippen molar-refractivity contribution < 1.29 is 48.0 Å². The standard InChI is InChI=1S/C15H20Cl3NO10/c1-6(20)25-4-9-11(27-7(2)21)12(28-8(3)22)10(13(23)29-9)19-14(24)26-5-15(16,17)18/h9-13,23H,4-5H2,1-3H3,(H,19,24)/t9-,10+,11-,12-,13+/m1/s1. The molecule has 5 atom stereocenters. The molecule has 11 nitrogen and oxygen atoms in total. The summed E-state index contributed by atoms with van der Waals surface area (Å²) in [6.07, 6.45) is -6.84. The second-order valence-corrected chi connectivity index (χ2v) is 8.39. The highest BCUT2D eigenvalue weighted by Gasteiger charge is 2.50. The van der Waals surface area contributed by atoms with Gasteiger partial charge >= 0.3 is 24.0 Å². The highest BCUT2D eigenvalue weighted by Crippen LogP contribution is 2.27. The summed E-state index contributed by atoms with van der Waals surface area (Å²) >= 11 is 16.5. The number of carbonyl (C=O) groups excluding carboxylic acids is 4. The van der Waals surface area contributed by atoms with E-state index in [1.165, 1.54) is 0 Å². The first-order valence-electron chi connectivity index (χ1n) is 8.11. The lowest BCUT2D eigenvalue weighted by atomic mass is 9.96. The molecule has 1 heterocycles. The smallest absolute Gasteiger partial charge is 0.407 e. The zero-order valence-electron chi connectivity index (χ0n) is 15.6. The van der Waals surface area contributed by atoms with E-state index in [0.717, 1.165) is 20.8 Å². The van der Waals surface area contributed by atoms with Crippen LogP contribution in [0.3, 0.4) is 0 Å². The van der Waals surface area contributed by atoms with Gasteiger partial charge in [0, 0.05) is 20.8 Å². The average Bonchev–Trinajstić information content (AvgIpc) is 2.55. The predicted octanol–water partition coefficient (Wildman–Crippen LogP) is 0.595. The summed E-state index contributed by atoms with van der Waals surface area (Å²) in [5.74, 6) is -2.25. The van der Waals surface area contributed by atoms with Crippen molar-refractivity contribution in [3.05, 3.63) is 0 Å². The van der Waals surface area contributed by atoms with Crippen molar-refractivity contribution in [3.63, 3.8) is 0 Å². The summed E-state index contributed by atoms with van der Waals surface area (Å²) < 4.78 is 23.2. The van der Waals surface area contributed by atoms with Crippen molar-refractivity contribution >= 4 is 58.8 Å². The molecule has 0 aromatic heterocycles. The van der Waals surface area contributed by atoms with Crippen LogP contribution in [0.1, 0.15) is 20.8 Å². The van der Waals surface area contributed by atoms with Gasteiger partial charge in [-0.1, -0.05) is 34.8 Å². The van der Waals surface area contributed by atoms with Gasteiger partial charge in [-0.2, -0.15) is 0 Å². The lowest BCUT2D eigenvalue weighted by Crippen LogP contribution is -2.66. The van der Waals surface area contributed by atoms with E-state index in [9.17, 15) is 24.3 Å². The van der Waals surface area contributed by atoms with Crippen molar-refractivity contribution in [1.29, 1.82) is 0 Å². The predicted molar refractivity (Wildman–Crippen MR) is 97.2 cm³/mol. The van der Waals surface area contributed by atoms with Crippen LogP contribution in [0.15, 0.2) is 0 Å². The lowest BCUT2D eigenvalue weighted by molar-refractivity contribution is -0.264. The van der Waals surface area contributed by atoms with Crippen molar-refractivity contribution in [2.75, 3.05) is 13.2 Å². The number of alkyl halides is 3. The number of esters is 3. The third-order valence-corrected chi connectivity index (χ3v) is 3.70. The number of nitrogens with one attached hydrogen (secondary N) is 1. The van der Waals surface area contributed by atoms with Crippen molar-refractivity contribution in [2.45, 2.75) is 55.2 Å². The SMILES string of the molecule is CC(=O)OC[C@H]1O[C@H](O)[C@@H](NC(=O)OCC(Cl)(Cl)Cl)[C@@H](OC(C)=O)[C@@H]1OC(C)=O. The van der Waals surface area contributed by atoms with Gasteiger partial charge in [-0.05, 0) is 0 Å². The first-order chi connectivity index (χ1) is 13.3. The second kappa shape index (κ2) is 11.0. The molecular formula is C15H20Cl3NO10. The minimum Gasteiger partial charge on any atom is -0.463 e. The number of rotatable bonds is 6. The van der Waals surface area contributed by atoms with Crippen LogP contribution < -0.4 is 5.32 Å². The first kappa shape index (κ1) is 25.5. The molecule has 0 radical (unpaired) electrons. The Hall–Kier alpha value is -1.53. The minimum atomic E-state index is -1.89. The maximum absolute atomic E-state index is 12.0. The van der Waals surface area contributed by atoms with Gasteiger partial charge in [0.05, 0.1) is 0 Å². The maximum atomic E-state index is 12.0. The second-order valence-electron chi connectivity index (χ2n) is 5.88. The number of aliphatic hydroxyl groups is 1. The fourth-order valence-corrected chi connectivity index (χ4v) is 2.56. The Labute approximate surface area is 180 Å². The van der Waals surface area contributed by atoms with E-state index in [0.29, 0.717) is 0 Å². The van der Waals surface area contributed by atoms with Gasteiger partial charge in [0.1, 0.15) is 25.4 Å². The number of amides is 1. The van der Waals surface area contributed by atoms with Crippen LogP contribution in [0, 0.1) is 0 Å². The van der Waals surface area contributed by atoms with E-state index in [-0.39, 0.29) is 0 Å². The molecule has 0 unspecified atom stereocenters. The summed E-state index contributed by atoms with van der Waals surface area (Å²) in [5.41, 5.74) is 0. The molecule has 1 rings (SSSR count). The molecule has 0 bridgehead atoms. The molecule has 1 aliphatic heterocycles. The molecule has 0 spiro atoms. The normalized spacial score (nSPS) is 26.8. The topological polar surface area (TPSA) is 147 Å². The molecule has 0 aliphatic carbocycles. The summed E-state index contributed by atoms with van der Waals surface area (Å²) in [7, 11) is 0. The average molecular weight is 481 g/mol. The van der Waals surface area contributed by atoms with Gasteiger partial charge < -0.3 is 34.1 Å². The van der Waals surface area contributed by atoms with Gasteiger partial charge in [0.25, 0.3) is 0 Å². The maximum Gasteiger partial charge on any atom is 0.407 e.